The van der Waals surface area contributed by atoms with Crippen molar-refractivity contribution in [3.63, 3.8) is 0 Å². The molecule has 1 fully saturated rings. The van der Waals surface area contributed by atoms with Gasteiger partial charge >= 0.3 is 0 Å². The number of carbonyl (C=O) groups excluding carboxylic acids is 2. The van der Waals surface area contributed by atoms with E-state index in [0.717, 1.165) is 0 Å². The van der Waals surface area contributed by atoms with E-state index in [0.29, 0.717) is 11.1 Å². The van der Waals surface area contributed by atoms with Crippen molar-refractivity contribution in [2.75, 3.05) is 6.54 Å². The van der Waals surface area contributed by atoms with Crippen LogP contribution >= 0.6 is 12.2 Å². The van der Waals surface area contributed by atoms with Gasteiger partial charge in [-0.05, 0) is 48.5 Å². The zero-order chi connectivity index (χ0) is 15.6. The van der Waals surface area contributed by atoms with E-state index in [1.807, 2.05) is 0 Å². The second-order valence-electron chi connectivity index (χ2n) is 4.53. The van der Waals surface area contributed by atoms with Crippen LogP contribution in [0.1, 0.15) is 11.1 Å². The van der Waals surface area contributed by atoms with Crippen molar-refractivity contribution in [2.45, 2.75) is 6.92 Å². The fourth-order valence-corrected chi connectivity index (χ4v) is 2.16. The van der Waals surface area contributed by atoms with Crippen molar-refractivity contribution >= 4 is 35.2 Å². The van der Waals surface area contributed by atoms with Crippen LogP contribution in [-0.2, 0) is 9.59 Å². The second kappa shape index (κ2) is 5.97. The largest absolute Gasteiger partial charge is 0.298 e. The molecule has 108 valence electrons. The Morgan fingerprint density at radius 3 is 2.76 bits per heavy atom. The summed E-state index contributed by atoms with van der Waals surface area (Å²) in [5, 5.41) is 2.50. The molecule has 2 amide bonds. The molecule has 1 aromatic carbocycles. The second-order valence-corrected chi connectivity index (χ2v) is 4.92. The molecule has 0 unspecified atom stereocenters. The van der Waals surface area contributed by atoms with Crippen LogP contribution in [0.4, 0.5) is 4.39 Å². The van der Waals surface area contributed by atoms with Crippen molar-refractivity contribution in [2.24, 2.45) is 0 Å². The maximum absolute atomic E-state index is 13.2. The van der Waals surface area contributed by atoms with Crippen molar-refractivity contribution in [3.05, 3.63) is 53.4 Å². The molecule has 21 heavy (non-hydrogen) atoms. The molecule has 0 bridgehead atoms. The van der Waals surface area contributed by atoms with E-state index >= 15 is 0 Å². The summed E-state index contributed by atoms with van der Waals surface area (Å²) in [6.07, 6.45) is 2.93. The van der Waals surface area contributed by atoms with Crippen LogP contribution in [-0.4, -0.2) is 28.4 Å². The molecule has 0 spiro atoms. The Labute approximate surface area is 126 Å². The van der Waals surface area contributed by atoms with Crippen LogP contribution in [0.25, 0.3) is 6.08 Å². The summed E-state index contributed by atoms with van der Waals surface area (Å²) in [6.45, 7) is 5.36. The lowest BCUT2D eigenvalue weighted by Gasteiger charge is -2.27. The molecule has 1 N–H and O–H groups in total. The van der Waals surface area contributed by atoms with Gasteiger partial charge in [0, 0.05) is 6.54 Å². The SMILES string of the molecule is C=CCN1C(=O)/C(=C/c2ccc(F)c(C)c2)C(=O)NC1=S. The molecule has 1 aliphatic heterocycles. The van der Waals surface area contributed by atoms with Crippen LogP contribution in [0, 0.1) is 12.7 Å². The number of amides is 2. The average Bonchev–Trinajstić information content (AvgIpc) is 2.43. The Morgan fingerprint density at radius 2 is 2.14 bits per heavy atom. The first-order valence-electron chi connectivity index (χ1n) is 6.20. The Morgan fingerprint density at radius 1 is 1.43 bits per heavy atom. The number of halogens is 1. The number of rotatable bonds is 3. The smallest absolute Gasteiger partial charge is 0.265 e. The number of nitrogens with zero attached hydrogens (tertiary/aromatic N) is 1. The van der Waals surface area contributed by atoms with Gasteiger partial charge in [0.2, 0.25) is 0 Å². The lowest BCUT2D eigenvalue weighted by atomic mass is 10.1. The third-order valence-corrected chi connectivity index (χ3v) is 3.31. The number of aryl methyl sites for hydroxylation is 1. The Balaban J connectivity index is 2.40. The molecule has 0 radical (unpaired) electrons. The van der Waals surface area contributed by atoms with E-state index in [2.05, 4.69) is 11.9 Å². The number of hydrogen-bond donors (Lipinski definition) is 1. The lowest BCUT2D eigenvalue weighted by Crippen LogP contribution is -2.53. The van der Waals surface area contributed by atoms with E-state index < -0.39 is 11.8 Å². The van der Waals surface area contributed by atoms with Crippen LogP contribution < -0.4 is 5.32 Å². The molecular formula is C15H13FN2O2S. The summed E-state index contributed by atoms with van der Waals surface area (Å²) in [4.78, 5) is 25.4. The zero-order valence-corrected chi connectivity index (χ0v) is 12.2. The predicted octanol–water partition coefficient (Wildman–Crippen LogP) is 1.95. The fraction of sp³-hybridized carbons (Fsp3) is 0.133. The maximum atomic E-state index is 13.2. The van der Waals surface area contributed by atoms with Crippen molar-refractivity contribution in [3.8, 4) is 0 Å². The van der Waals surface area contributed by atoms with Crippen molar-refractivity contribution in [1.82, 2.24) is 10.2 Å². The topological polar surface area (TPSA) is 49.4 Å². The van der Waals surface area contributed by atoms with E-state index in [4.69, 9.17) is 12.2 Å². The minimum Gasteiger partial charge on any atom is -0.298 e. The van der Waals surface area contributed by atoms with Gasteiger partial charge in [-0.3, -0.25) is 19.8 Å². The number of benzene rings is 1. The number of nitrogens with one attached hydrogen (secondary N) is 1. The number of hydrogen-bond acceptors (Lipinski definition) is 3. The van der Waals surface area contributed by atoms with Gasteiger partial charge in [-0.1, -0.05) is 12.1 Å². The quantitative estimate of drug-likeness (QED) is 0.402. The molecule has 6 heteroatoms. The molecular weight excluding hydrogens is 291 g/mol. The minimum absolute atomic E-state index is 0.0449. The monoisotopic (exact) mass is 304 g/mol. The third kappa shape index (κ3) is 3.05. The van der Waals surface area contributed by atoms with E-state index in [-0.39, 0.29) is 23.0 Å². The summed E-state index contributed by atoms with van der Waals surface area (Å²) < 4.78 is 13.2. The van der Waals surface area contributed by atoms with E-state index in [1.165, 1.54) is 29.2 Å². The molecule has 1 aliphatic rings. The van der Waals surface area contributed by atoms with Gasteiger partial charge in [0.1, 0.15) is 11.4 Å². The fourth-order valence-electron chi connectivity index (χ4n) is 1.91. The van der Waals surface area contributed by atoms with Gasteiger partial charge in [0.25, 0.3) is 11.8 Å². The summed E-state index contributed by atoms with van der Waals surface area (Å²) in [7, 11) is 0. The molecule has 0 atom stereocenters. The Kier molecular flexibility index (Phi) is 4.28. The molecule has 1 saturated heterocycles. The highest BCUT2D eigenvalue weighted by atomic mass is 32.1. The van der Waals surface area contributed by atoms with Crippen molar-refractivity contribution in [1.29, 1.82) is 0 Å². The standard InChI is InChI=1S/C15H13FN2O2S/c1-3-6-18-14(20)11(13(19)17-15(18)21)8-10-4-5-12(16)9(2)7-10/h3-5,7-8H,1,6H2,2H3,(H,17,19,21)/b11-8+. The van der Waals surface area contributed by atoms with Gasteiger partial charge in [0.05, 0.1) is 0 Å². The molecule has 0 saturated carbocycles. The first-order chi connectivity index (χ1) is 9.93. The van der Waals surface area contributed by atoms with Gasteiger partial charge in [0.15, 0.2) is 5.11 Å². The summed E-state index contributed by atoms with van der Waals surface area (Å²) >= 11 is 4.95. The molecule has 4 nitrogen and oxygen atoms in total. The highest BCUT2D eigenvalue weighted by Crippen LogP contribution is 2.16. The van der Waals surface area contributed by atoms with Crippen LogP contribution in [0.2, 0.25) is 0 Å². The molecule has 0 aromatic heterocycles. The van der Waals surface area contributed by atoms with Crippen LogP contribution in [0.3, 0.4) is 0 Å². The van der Waals surface area contributed by atoms with Gasteiger partial charge < -0.3 is 0 Å². The predicted molar refractivity (Wildman–Crippen MR) is 81.8 cm³/mol. The van der Waals surface area contributed by atoms with Gasteiger partial charge in [-0.15, -0.1) is 6.58 Å². The molecule has 0 aliphatic carbocycles. The minimum atomic E-state index is -0.563. The molecule has 2 rings (SSSR count). The highest BCUT2D eigenvalue weighted by Gasteiger charge is 2.32. The van der Waals surface area contributed by atoms with Gasteiger partial charge in [-0.2, -0.15) is 0 Å². The van der Waals surface area contributed by atoms with Crippen molar-refractivity contribution < 1.29 is 14.0 Å². The average molecular weight is 304 g/mol. The zero-order valence-electron chi connectivity index (χ0n) is 11.4. The number of thiocarbonyl (C=S) groups is 1. The normalized spacial score (nSPS) is 17.1. The lowest BCUT2D eigenvalue weighted by molar-refractivity contribution is -0.128. The Hall–Kier alpha value is -2.34. The summed E-state index contributed by atoms with van der Waals surface area (Å²) in [5.41, 5.74) is 0.960. The molecule has 1 aromatic rings. The van der Waals surface area contributed by atoms with E-state index in [9.17, 15) is 14.0 Å². The van der Waals surface area contributed by atoms with Gasteiger partial charge in [-0.25, -0.2) is 4.39 Å². The van der Waals surface area contributed by atoms with E-state index in [1.54, 1.807) is 13.0 Å². The van der Waals surface area contributed by atoms with Crippen LogP contribution in [0.15, 0.2) is 36.4 Å². The highest BCUT2D eigenvalue weighted by molar-refractivity contribution is 7.80. The number of carbonyl (C=O) groups is 2. The van der Waals surface area contributed by atoms with Crippen LogP contribution in [0.5, 0.6) is 0 Å². The maximum Gasteiger partial charge on any atom is 0.265 e. The summed E-state index contributed by atoms with van der Waals surface area (Å²) in [5.74, 6) is -1.40. The third-order valence-electron chi connectivity index (χ3n) is 2.99. The Bertz CT molecular complexity index is 682. The first kappa shape index (κ1) is 15.1. The molecule has 1 heterocycles. The summed E-state index contributed by atoms with van der Waals surface area (Å²) in [6, 6.07) is 4.35. The first-order valence-corrected chi connectivity index (χ1v) is 6.60.